The lowest BCUT2D eigenvalue weighted by Crippen LogP contribution is -2.03. The fraction of sp³-hybridized carbons (Fsp3) is 0.400. The van der Waals surface area contributed by atoms with Gasteiger partial charge in [-0.25, -0.2) is 4.98 Å². The molecule has 0 fully saturated rings. The highest BCUT2D eigenvalue weighted by atomic mass is 32.1. The molecule has 0 N–H and O–H groups in total. The second-order valence-electron chi connectivity index (χ2n) is 4.85. The lowest BCUT2D eigenvalue weighted by atomic mass is 10.1. The van der Waals surface area contributed by atoms with Gasteiger partial charge in [0.05, 0.1) is 11.3 Å². The van der Waals surface area contributed by atoms with E-state index in [0.717, 1.165) is 34.8 Å². The van der Waals surface area contributed by atoms with Crippen LogP contribution in [0.15, 0.2) is 24.3 Å². The van der Waals surface area contributed by atoms with Crippen LogP contribution in [-0.4, -0.2) is 4.98 Å². The van der Waals surface area contributed by atoms with Gasteiger partial charge in [0.25, 0.3) is 0 Å². The van der Waals surface area contributed by atoms with Crippen LogP contribution in [0.1, 0.15) is 42.3 Å². The Labute approximate surface area is 120 Å². The maximum Gasteiger partial charge on any atom is 0.416 e. The average Bonchev–Trinajstić information content (AvgIpc) is 2.79. The molecule has 5 heteroatoms. The first kappa shape index (κ1) is 15.0. The molecule has 1 heterocycles. The molecule has 0 bridgehead atoms. The normalized spacial score (nSPS) is 13.5. The summed E-state index contributed by atoms with van der Waals surface area (Å²) in [7, 11) is 0. The number of aryl methyl sites for hydroxylation is 1. The number of nitrogens with zero attached hydrogens (tertiary/aromatic N) is 1. The molecule has 1 nitrogen and oxygen atoms in total. The van der Waals surface area contributed by atoms with E-state index in [1.165, 1.54) is 17.0 Å². The van der Waals surface area contributed by atoms with E-state index in [0.29, 0.717) is 5.92 Å². The van der Waals surface area contributed by atoms with Crippen LogP contribution in [0.25, 0.3) is 10.6 Å². The van der Waals surface area contributed by atoms with Crippen molar-refractivity contribution in [1.29, 1.82) is 0 Å². The average molecular weight is 299 g/mol. The molecule has 0 aliphatic rings. The van der Waals surface area contributed by atoms with Gasteiger partial charge in [-0.15, -0.1) is 11.3 Å². The highest BCUT2D eigenvalue weighted by Crippen LogP contribution is 2.35. The molecule has 1 atom stereocenters. The fourth-order valence-electron chi connectivity index (χ4n) is 1.98. The Morgan fingerprint density at radius 3 is 2.30 bits per heavy atom. The molecule has 0 saturated heterocycles. The van der Waals surface area contributed by atoms with E-state index < -0.39 is 11.7 Å². The number of alkyl halides is 3. The topological polar surface area (TPSA) is 12.9 Å². The molecule has 20 heavy (non-hydrogen) atoms. The number of hydrogen-bond acceptors (Lipinski definition) is 2. The Bertz CT molecular complexity index is 584. The second-order valence-corrected chi connectivity index (χ2v) is 5.88. The minimum Gasteiger partial charge on any atom is -0.241 e. The predicted octanol–water partition coefficient (Wildman–Crippen LogP) is 5.65. The Morgan fingerprint density at radius 2 is 1.80 bits per heavy atom. The summed E-state index contributed by atoms with van der Waals surface area (Å²) in [5.41, 5.74) is 1.08. The van der Waals surface area contributed by atoms with Crippen LogP contribution in [0.5, 0.6) is 0 Å². The predicted molar refractivity (Wildman–Crippen MR) is 76.0 cm³/mol. The van der Waals surface area contributed by atoms with Gasteiger partial charge in [-0.3, -0.25) is 0 Å². The zero-order chi connectivity index (χ0) is 14.9. The van der Waals surface area contributed by atoms with E-state index in [1.807, 2.05) is 6.92 Å². The standard InChI is InChI=1S/C15H16F3NS/c1-4-9(2)13-10(3)19-14(20-13)11-5-7-12(8-6-11)15(16,17)18/h5-9H,4H2,1-3H3/t9-/m0/s1. The third-order valence-electron chi connectivity index (χ3n) is 3.35. The number of thiazole rings is 1. The monoisotopic (exact) mass is 299 g/mol. The van der Waals surface area contributed by atoms with Crippen LogP contribution in [0.4, 0.5) is 13.2 Å². The highest BCUT2D eigenvalue weighted by Gasteiger charge is 2.30. The maximum absolute atomic E-state index is 12.5. The molecule has 108 valence electrons. The van der Waals surface area contributed by atoms with E-state index >= 15 is 0 Å². The van der Waals surface area contributed by atoms with Gasteiger partial charge in [-0.2, -0.15) is 13.2 Å². The summed E-state index contributed by atoms with van der Waals surface area (Å²) in [6.07, 6.45) is -3.27. The van der Waals surface area contributed by atoms with Gasteiger partial charge in [-0.05, 0) is 31.4 Å². The van der Waals surface area contributed by atoms with Crippen molar-refractivity contribution < 1.29 is 13.2 Å². The van der Waals surface area contributed by atoms with Crippen LogP contribution < -0.4 is 0 Å². The second kappa shape index (κ2) is 5.56. The van der Waals surface area contributed by atoms with Crippen molar-refractivity contribution in [1.82, 2.24) is 4.98 Å². The Kier molecular flexibility index (Phi) is 4.18. The summed E-state index contributed by atoms with van der Waals surface area (Å²) < 4.78 is 37.6. The largest absolute Gasteiger partial charge is 0.416 e. The van der Waals surface area contributed by atoms with E-state index in [-0.39, 0.29) is 0 Å². The summed E-state index contributed by atoms with van der Waals surface area (Å²) in [4.78, 5) is 5.69. The van der Waals surface area contributed by atoms with Crippen molar-refractivity contribution in [3.8, 4) is 10.6 Å². The van der Waals surface area contributed by atoms with E-state index in [2.05, 4.69) is 18.8 Å². The molecule has 0 saturated carbocycles. The first-order valence-electron chi connectivity index (χ1n) is 6.48. The Morgan fingerprint density at radius 1 is 1.20 bits per heavy atom. The van der Waals surface area contributed by atoms with Crippen LogP contribution in [0.2, 0.25) is 0 Å². The van der Waals surface area contributed by atoms with Crippen LogP contribution in [-0.2, 0) is 6.18 Å². The number of halogens is 3. The van der Waals surface area contributed by atoms with Crippen LogP contribution in [0, 0.1) is 6.92 Å². The quantitative estimate of drug-likeness (QED) is 0.713. The lowest BCUT2D eigenvalue weighted by Gasteiger charge is -2.06. The molecule has 2 aromatic rings. The molecule has 0 unspecified atom stereocenters. The summed E-state index contributed by atoms with van der Waals surface area (Å²) in [5, 5.41) is 0.784. The molecule has 1 aromatic heterocycles. The Balaban J connectivity index is 2.33. The smallest absolute Gasteiger partial charge is 0.241 e. The first-order chi connectivity index (χ1) is 9.32. The van der Waals surface area contributed by atoms with Crippen LogP contribution in [0.3, 0.4) is 0 Å². The highest BCUT2D eigenvalue weighted by molar-refractivity contribution is 7.15. The first-order valence-corrected chi connectivity index (χ1v) is 7.29. The number of hydrogen-bond donors (Lipinski definition) is 0. The van der Waals surface area contributed by atoms with Crippen molar-refractivity contribution in [2.75, 3.05) is 0 Å². The lowest BCUT2D eigenvalue weighted by molar-refractivity contribution is -0.137. The molecular weight excluding hydrogens is 283 g/mol. The number of aromatic nitrogens is 1. The van der Waals surface area contributed by atoms with Gasteiger partial charge >= 0.3 is 6.18 Å². The molecular formula is C15H16F3NS. The van der Waals surface area contributed by atoms with Gasteiger partial charge in [0, 0.05) is 10.4 Å². The molecule has 0 spiro atoms. The summed E-state index contributed by atoms with van der Waals surface area (Å²) >= 11 is 1.57. The van der Waals surface area contributed by atoms with E-state index in [9.17, 15) is 13.2 Å². The molecule has 0 amide bonds. The van der Waals surface area contributed by atoms with Gasteiger partial charge in [-0.1, -0.05) is 26.0 Å². The van der Waals surface area contributed by atoms with Crippen LogP contribution >= 0.6 is 11.3 Å². The number of benzene rings is 1. The maximum atomic E-state index is 12.5. The van der Waals surface area contributed by atoms with Gasteiger partial charge in [0.1, 0.15) is 5.01 Å². The fourth-order valence-corrected chi connectivity index (χ4v) is 3.18. The van der Waals surface area contributed by atoms with E-state index in [1.54, 1.807) is 11.3 Å². The summed E-state index contributed by atoms with van der Waals surface area (Å²) in [5.74, 6) is 0.427. The van der Waals surface area contributed by atoms with Gasteiger partial charge in [0.15, 0.2) is 0 Å². The minimum absolute atomic E-state index is 0.427. The molecule has 0 aliphatic carbocycles. The SMILES string of the molecule is CC[C@H](C)c1sc(-c2ccc(C(F)(F)F)cc2)nc1C. The van der Waals surface area contributed by atoms with Gasteiger partial charge in [0.2, 0.25) is 0 Å². The summed E-state index contributed by atoms with van der Waals surface area (Å²) in [6, 6.07) is 5.19. The van der Waals surface area contributed by atoms with Crippen molar-refractivity contribution in [2.24, 2.45) is 0 Å². The molecule has 1 aromatic carbocycles. The van der Waals surface area contributed by atoms with Gasteiger partial charge < -0.3 is 0 Å². The molecule has 0 radical (unpaired) electrons. The minimum atomic E-state index is -4.29. The Hall–Kier alpha value is -1.36. The zero-order valence-electron chi connectivity index (χ0n) is 11.6. The van der Waals surface area contributed by atoms with Crippen molar-refractivity contribution in [3.63, 3.8) is 0 Å². The van der Waals surface area contributed by atoms with Crippen molar-refractivity contribution >= 4 is 11.3 Å². The molecule has 2 rings (SSSR count). The van der Waals surface area contributed by atoms with Crippen molar-refractivity contribution in [3.05, 3.63) is 40.4 Å². The summed E-state index contributed by atoms with van der Waals surface area (Å²) in [6.45, 7) is 6.20. The number of rotatable bonds is 3. The van der Waals surface area contributed by atoms with E-state index in [4.69, 9.17) is 0 Å². The zero-order valence-corrected chi connectivity index (χ0v) is 12.4. The third kappa shape index (κ3) is 3.03. The molecule has 0 aliphatic heterocycles. The van der Waals surface area contributed by atoms with Crippen molar-refractivity contribution in [2.45, 2.75) is 39.3 Å². The third-order valence-corrected chi connectivity index (χ3v) is 4.79.